The quantitative estimate of drug-likeness (QED) is 0.809. The molecule has 1 aromatic carbocycles. The average molecular weight is 229 g/mol. The number of rotatable bonds is 3. The molecule has 1 fully saturated rings. The van der Waals surface area contributed by atoms with Crippen LogP contribution in [0.2, 0.25) is 0 Å². The van der Waals surface area contributed by atoms with Gasteiger partial charge in [-0.1, -0.05) is 36.9 Å². The van der Waals surface area contributed by atoms with Gasteiger partial charge in [0, 0.05) is 0 Å². The average Bonchev–Trinajstić information content (AvgIpc) is 3.00. The van der Waals surface area contributed by atoms with Crippen LogP contribution in [0.5, 0.6) is 0 Å². The Hall–Kier alpha value is -1.77. The third kappa shape index (κ3) is 1.62. The lowest BCUT2D eigenvalue weighted by Gasteiger charge is -2.14. The summed E-state index contributed by atoms with van der Waals surface area (Å²) in [7, 11) is 0. The maximum Gasteiger partial charge on any atom is 0.195 e. The minimum Gasteiger partial charge on any atom is -0.511 e. The fourth-order valence-electron chi connectivity index (χ4n) is 2.31. The fourth-order valence-corrected chi connectivity index (χ4v) is 2.31. The molecule has 1 heterocycles. The van der Waals surface area contributed by atoms with E-state index in [0.717, 1.165) is 18.7 Å². The van der Waals surface area contributed by atoms with E-state index >= 15 is 0 Å². The first-order valence-electron chi connectivity index (χ1n) is 5.87. The zero-order valence-corrected chi connectivity index (χ0v) is 9.60. The van der Waals surface area contributed by atoms with Crippen molar-refractivity contribution in [3.8, 4) is 0 Å². The summed E-state index contributed by atoms with van der Waals surface area (Å²) in [6.45, 7) is 3.93. The molecule has 3 nitrogen and oxygen atoms in total. The molecule has 1 aliphatic carbocycles. The Morgan fingerprint density at radius 1 is 1.35 bits per heavy atom. The summed E-state index contributed by atoms with van der Waals surface area (Å²) < 4.78 is 5.64. The van der Waals surface area contributed by atoms with Crippen LogP contribution in [0.15, 0.2) is 47.7 Å². The first-order valence-corrected chi connectivity index (χ1v) is 5.87. The van der Waals surface area contributed by atoms with E-state index in [1.807, 2.05) is 18.2 Å². The molecule has 2 aliphatic rings. The Morgan fingerprint density at radius 2 is 2.06 bits per heavy atom. The van der Waals surface area contributed by atoms with Crippen LogP contribution in [-0.4, -0.2) is 23.7 Å². The molecule has 0 amide bonds. The Labute approximate surface area is 100 Å². The number of hydrogen-bond acceptors (Lipinski definition) is 3. The van der Waals surface area contributed by atoms with Gasteiger partial charge in [0.2, 0.25) is 0 Å². The molecule has 3 rings (SSSR count). The fraction of sp³-hybridized carbons (Fsp3) is 0.357. The van der Waals surface area contributed by atoms with Gasteiger partial charge in [-0.05, 0) is 18.4 Å². The second-order valence-electron chi connectivity index (χ2n) is 4.70. The summed E-state index contributed by atoms with van der Waals surface area (Å²) in [5.74, 6) is 0.854. The Bertz CT molecular complexity index is 474. The zero-order chi connectivity index (χ0) is 11.9. The lowest BCUT2D eigenvalue weighted by molar-refractivity contribution is 0.280. The van der Waals surface area contributed by atoms with E-state index in [4.69, 9.17) is 4.74 Å². The molecule has 88 valence electrons. The van der Waals surface area contributed by atoms with Crippen LogP contribution in [0.4, 0.5) is 0 Å². The highest BCUT2D eigenvalue weighted by atomic mass is 16.5. The van der Waals surface area contributed by atoms with Crippen molar-refractivity contribution < 1.29 is 9.84 Å². The highest BCUT2D eigenvalue weighted by Gasteiger charge is 2.52. The molecule has 1 unspecified atom stereocenters. The molecule has 0 radical (unpaired) electrons. The smallest absolute Gasteiger partial charge is 0.195 e. The van der Waals surface area contributed by atoms with Crippen LogP contribution in [0.25, 0.3) is 0 Å². The topological polar surface area (TPSA) is 41.8 Å². The summed E-state index contributed by atoms with van der Waals surface area (Å²) >= 11 is 0. The van der Waals surface area contributed by atoms with Gasteiger partial charge in [-0.2, -0.15) is 0 Å². The second kappa shape index (κ2) is 3.62. The molecule has 1 atom stereocenters. The predicted molar refractivity (Wildman–Crippen MR) is 66.3 cm³/mol. The van der Waals surface area contributed by atoms with E-state index in [1.54, 1.807) is 0 Å². The summed E-state index contributed by atoms with van der Waals surface area (Å²) in [5, 5.41) is 9.35. The summed E-state index contributed by atoms with van der Waals surface area (Å²) in [6, 6.07) is 10.0. The molecule has 0 spiro atoms. The van der Waals surface area contributed by atoms with Gasteiger partial charge in [0.15, 0.2) is 5.90 Å². The van der Waals surface area contributed by atoms with Crippen molar-refractivity contribution in [1.82, 2.24) is 0 Å². The van der Waals surface area contributed by atoms with Crippen LogP contribution in [0.1, 0.15) is 18.4 Å². The molecule has 0 aromatic heterocycles. The van der Waals surface area contributed by atoms with Crippen LogP contribution in [-0.2, 0) is 10.2 Å². The third-order valence-corrected chi connectivity index (χ3v) is 3.52. The second-order valence-corrected chi connectivity index (χ2v) is 4.70. The monoisotopic (exact) mass is 229 g/mol. The van der Waals surface area contributed by atoms with E-state index in [1.165, 1.54) is 5.56 Å². The van der Waals surface area contributed by atoms with Crippen molar-refractivity contribution >= 4 is 5.90 Å². The lowest BCUT2D eigenvalue weighted by atomic mass is 9.96. The van der Waals surface area contributed by atoms with Gasteiger partial charge < -0.3 is 9.84 Å². The van der Waals surface area contributed by atoms with E-state index in [9.17, 15) is 5.11 Å². The molecular weight excluding hydrogens is 214 g/mol. The van der Waals surface area contributed by atoms with Gasteiger partial charge in [0.25, 0.3) is 0 Å². The molecule has 1 aromatic rings. The number of aliphatic hydroxyl groups excluding tert-OH is 1. The lowest BCUT2D eigenvalue weighted by Crippen LogP contribution is -2.20. The largest absolute Gasteiger partial charge is 0.511 e. The van der Waals surface area contributed by atoms with Gasteiger partial charge in [-0.15, -0.1) is 0 Å². The highest BCUT2D eigenvalue weighted by Crippen LogP contribution is 2.50. The minimum absolute atomic E-state index is 0.0363. The zero-order valence-electron chi connectivity index (χ0n) is 9.60. The number of aliphatic hydroxyl groups is 1. The first kappa shape index (κ1) is 10.4. The molecule has 3 heteroatoms. The van der Waals surface area contributed by atoms with Crippen molar-refractivity contribution in [3.05, 3.63) is 48.2 Å². The maximum atomic E-state index is 9.35. The molecule has 1 saturated carbocycles. The van der Waals surface area contributed by atoms with Crippen LogP contribution >= 0.6 is 0 Å². The number of aliphatic imine (C=N–C) groups is 1. The van der Waals surface area contributed by atoms with E-state index < -0.39 is 0 Å². The molecular formula is C14H15NO2. The molecule has 0 bridgehead atoms. The SMILES string of the molecule is C=C(O)C1COC(C2(c3ccccc3)CC2)=N1. The Morgan fingerprint density at radius 3 is 2.59 bits per heavy atom. The van der Waals surface area contributed by atoms with E-state index in [0.29, 0.717) is 6.61 Å². The highest BCUT2D eigenvalue weighted by molar-refractivity contribution is 5.92. The third-order valence-electron chi connectivity index (χ3n) is 3.52. The van der Waals surface area contributed by atoms with Crippen LogP contribution < -0.4 is 0 Å². The summed E-state index contributed by atoms with van der Waals surface area (Å²) in [5.41, 5.74) is 1.22. The number of hydrogen-bond donors (Lipinski definition) is 1. The number of ether oxygens (including phenoxy) is 1. The number of nitrogens with zero attached hydrogens (tertiary/aromatic N) is 1. The number of benzene rings is 1. The minimum atomic E-state index is -0.286. The van der Waals surface area contributed by atoms with Crippen LogP contribution in [0.3, 0.4) is 0 Å². The molecule has 1 aliphatic heterocycles. The van der Waals surface area contributed by atoms with E-state index in [-0.39, 0.29) is 17.2 Å². The summed E-state index contributed by atoms with van der Waals surface area (Å²) in [4.78, 5) is 4.44. The van der Waals surface area contributed by atoms with Crippen molar-refractivity contribution in [1.29, 1.82) is 0 Å². The van der Waals surface area contributed by atoms with Gasteiger partial charge in [0.1, 0.15) is 18.4 Å². The van der Waals surface area contributed by atoms with Crippen molar-refractivity contribution in [3.63, 3.8) is 0 Å². The normalized spacial score (nSPS) is 24.9. The maximum absolute atomic E-state index is 9.35. The van der Waals surface area contributed by atoms with Gasteiger partial charge in [0.05, 0.1) is 5.41 Å². The first-order chi connectivity index (χ1) is 8.22. The van der Waals surface area contributed by atoms with Gasteiger partial charge in [-0.25, -0.2) is 4.99 Å². The van der Waals surface area contributed by atoms with Crippen LogP contribution in [0, 0.1) is 0 Å². The molecule has 1 N–H and O–H groups in total. The Balaban J connectivity index is 1.91. The van der Waals surface area contributed by atoms with Crippen molar-refractivity contribution in [2.75, 3.05) is 6.61 Å². The molecule has 17 heavy (non-hydrogen) atoms. The summed E-state index contributed by atoms with van der Waals surface area (Å²) in [6.07, 6.45) is 2.14. The standard InChI is InChI=1S/C14H15NO2/c1-10(16)12-9-17-13(15-12)14(7-8-14)11-5-3-2-4-6-11/h2-6,12,16H,1,7-9H2. The molecule has 0 saturated heterocycles. The van der Waals surface area contributed by atoms with Crippen molar-refractivity contribution in [2.24, 2.45) is 4.99 Å². The van der Waals surface area contributed by atoms with Gasteiger partial charge >= 0.3 is 0 Å². The Kier molecular flexibility index (Phi) is 2.21. The predicted octanol–water partition coefficient (Wildman–Crippen LogP) is 2.59. The van der Waals surface area contributed by atoms with Crippen molar-refractivity contribution in [2.45, 2.75) is 24.3 Å². The van der Waals surface area contributed by atoms with E-state index in [2.05, 4.69) is 23.7 Å². The van der Waals surface area contributed by atoms with Gasteiger partial charge in [-0.3, -0.25) is 0 Å².